The van der Waals surface area contributed by atoms with Crippen molar-refractivity contribution in [3.63, 3.8) is 0 Å². The Hall–Kier alpha value is -1.03. The van der Waals surface area contributed by atoms with E-state index in [1.165, 1.54) is 11.3 Å². The lowest BCUT2D eigenvalue weighted by atomic mass is 10.1. The summed E-state index contributed by atoms with van der Waals surface area (Å²) >= 11 is 1.29. The van der Waals surface area contributed by atoms with Crippen molar-refractivity contribution in [2.24, 2.45) is 4.99 Å². The first-order chi connectivity index (χ1) is 6.08. The van der Waals surface area contributed by atoms with Gasteiger partial charge in [0.1, 0.15) is 6.61 Å². The van der Waals surface area contributed by atoms with Crippen LogP contribution in [-0.4, -0.2) is 23.2 Å². The molecule has 0 bridgehead atoms. The van der Waals surface area contributed by atoms with Gasteiger partial charge in [0.2, 0.25) is 5.90 Å². The molecule has 1 N–H and O–H groups in total. The normalized spacial score (nSPS) is 19.7. The molecule has 0 atom stereocenters. The van der Waals surface area contributed by atoms with Gasteiger partial charge in [0.25, 0.3) is 0 Å². The highest BCUT2D eigenvalue weighted by atomic mass is 32.1. The van der Waals surface area contributed by atoms with Crippen molar-refractivity contribution in [1.82, 2.24) is 0 Å². The molecule has 4 heteroatoms. The third-order valence-electron chi connectivity index (χ3n) is 1.84. The van der Waals surface area contributed by atoms with Gasteiger partial charge in [-0.1, -0.05) is 0 Å². The molecule has 0 fully saturated rings. The minimum absolute atomic E-state index is 0.163. The summed E-state index contributed by atoms with van der Waals surface area (Å²) in [4.78, 5) is 4.36. The van der Waals surface area contributed by atoms with Gasteiger partial charge >= 0.3 is 0 Å². The van der Waals surface area contributed by atoms with Gasteiger partial charge in [0.15, 0.2) is 5.06 Å². The van der Waals surface area contributed by atoms with Crippen molar-refractivity contribution in [3.05, 3.63) is 17.0 Å². The molecule has 0 aliphatic carbocycles. The van der Waals surface area contributed by atoms with E-state index in [0.29, 0.717) is 18.1 Å². The number of nitrogens with zero attached hydrogens (tertiary/aromatic N) is 1. The molecule has 0 aromatic carbocycles. The fourth-order valence-electron chi connectivity index (χ4n) is 1.19. The van der Waals surface area contributed by atoms with Crippen molar-refractivity contribution in [2.45, 2.75) is 19.4 Å². The second kappa shape index (κ2) is 2.73. The Morgan fingerprint density at radius 1 is 1.62 bits per heavy atom. The molecular weight excluding hydrogens is 186 g/mol. The molecule has 0 saturated heterocycles. The lowest BCUT2D eigenvalue weighted by Crippen LogP contribution is -2.17. The number of hydrogen-bond acceptors (Lipinski definition) is 4. The largest absolute Gasteiger partial charge is 0.499 e. The Morgan fingerprint density at radius 3 is 2.85 bits per heavy atom. The molecule has 0 amide bonds. The molecular formula is C9H11NO2S. The van der Waals surface area contributed by atoms with Crippen molar-refractivity contribution >= 4 is 17.2 Å². The Balaban J connectivity index is 2.35. The highest BCUT2D eigenvalue weighted by Crippen LogP contribution is 2.29. The summed E-state index contributed by atoms with van der Waals surface area (Å²) in [5.74, 6) is 0.559. The monoisotopic (exact) mass is 197 g/mol. The summed E-state index contributed by atoms with van der Waals surface area (Å²) in [6.45, 7) is 4.59. The van der Waals surface area contributed by atoms with Gasteiger partial charge in [0.05, 0.1) is 11.1 Å². The molecule has 1 aromatic heterocycles. The van der Waals surface area contributed by atoms with E-state index in [0.717, 1.165) is 0 Å². The van der Waals surface area contributed by atoms with E-state index in [-0.39, 0.29) is 10.6 Å². The SMILES string of the molecule is CC1(C)COC(c2ccsc2O)=N1. The van der Waals surface area contributed by atoms with Crippen LogP contribution in [0.5, 0.6) is 5.06 Å². The Labute approximate surface area is 80.7 Å². The second-order valence-corrected chi connectivity index (χ2v) is 4.55. The van der Waals surface area contributed by atoms with Gasteiger partial charge in [-0.15, -0.1) is 11.3 Å². The molecule has 3 nitrogen and oxygen atoms in total. The molecule has 13 heavy (non-hydrogen) atoms. The van der Waals surface area contributed by atoms with Gasteiger partial charge in [0, 0.05) is 0 Å². The number of aliphatic imine (C=N–C) groups is 1. The van der Waals surface area contributed by atoms with Crippen LogP contribution >= 0.6 is 11.3 Å². The second-order valence-electron chi connectivity index (χ2n) is 3.66. The van der Waals surface area contributed by atoms with Gasteiger partial charge in [-0.2, -0.15) is 0 Å². The van der Waals surface area contributed by atoms with Crippen LogP contribution in [0.3, 0.4) is 0 Å². The third kappa shape index (κ3) is 1.54. The van der Waals surface area contributed by atoms with Crippen molar-refractivity contribution in [3.8, 4) is 5.06 Å². The van der Waals surface area contributed by atoms with Gasteiger partial charge in [-0.3, -0.25) is 0 Å². The minimum atomic E-state index is -0.163. The predicted molar refractivity (Wildman–Crippen MR) is 52.6 cm³/mol. The smallest absolute Gasteiger partial charge is 0.221 e. The molecule has 2 heterocycles. The standard InChI is InChI=1S/C9H11NO2S/c1-9(2)5-12-7(10-9)6-3-4-13-8(6)11/h3-4,11H,5H2,1-2H3. The molecule has 1 aromatic rings. The van der Waals surface area contributed by atoms with Gasteiger partial charge < -0.3 is 9.84 Å². The van der Waals surface area contributed by atoms with Crippen molar-refractivity contribution in [1.29, 1.82) is 0 Å². The molecule has 0 radical (unpaired) electrons. The molecule has 0 spiro atoms. The number of ether oxygens (including phenoxy) is 1. The average molecular weight is 197 g/mol. The zero-order valence-electron chi connectivity index (χ0n) is 7.57. The Kier molecular flexibility index (Phi) is 1.80. The maximum absolute atomic E-state index is 9.44. The maximum atomic E-state index is 9.44. The average Bonchev–Trinajstić information content (AvgIpc) is 2.56. The van der Waals surface area contributed by atoms with Gasteiger partial charge in [-0.25, -0.2) is 4.99 Å². The van der Waals surface area contributed by atoms with Crippen molar-refractivity contribution < 1.29 is 9.84 Å². The van der Waals surface area contributed by atoms with Crippen LogP contribution in [0.25, 0.3) is 0 Å². The molecule has 1 aliphatic rings. The first-order valence-corrected chi connectivity index (χ1v) is 4.96. The Morgan fingerprint density at radius 2 is 2.38 bits per heavy atom. The van der Waals surface area contributed by atoms with Crippen LogP contribution in [0, 0.1) is 0 Å². The van der Waals surface area contributed by atoms with E-state index in [9.17, 15) is 5.11 Å². The first kappa shape index (κ1) is 8.56. The zero-order valence-corrected chi connectivity index (χ0v) is 8.39. The number of aromatic hydroxyl groups is 1. The van der Waals surface area contributed by atoms with Crippen LogP contribution < -0.4 is 0 Å². The van der Waals surface area contributed by atoms with E-state index in [4.69, 9.17) is 4.74 Å². The van der Waals surface area contributed by atoms with E-state index in [1.54, 1.807) is 0 Å². The minimum Gasteiger partial charge on any atom is -0.499 e. The highest BCUT2D eigenvalue weighted by Gasteiger charge is 2.28. The molecule has 2 rings (SSSR count). The number of thiophene rings is 1. The lowest BCUT2D eigenvalue weighted by molar-refractivity contribution is 0.279. The zero-order chi connectivity index (χ0) is 9.47. The van der Waals surface area contributed by atoms with Crippen LogP contribution in [0.2, 0.25) is 0 Å². The molecule has 0 unspecified atom stereocenters. The first-order valence-electron chi connectivity index (χ1n) is 4.08. The summed E-state index contributed by atoms with van der Waals surface area (Å²) < 4.78 is 5.39. The third-order valence-corrected chi connectivity index (χ3v) is 2.56. The van der Waals surface area contributed by atoms with E-state index in [1.807, 2.05) is 25.3 Å². The quantitative estimate of drug-likeness (QED) is 0.748. The Bertz CT molecular complexity index is 354. The fourth-order valence-corrected chi connectivity index (χ4v) is 1.80. The molecule has 70 valence electrons. The lowest BCUT2D eigenvalue weighted by Gasteiger charge is -2.07. The molecule has 0 saturated carbocycles. The summed E-state index contributed by atoms with van der Waals surface area (Å²) in [5, 5.41) is 11.5. The van der Waals surface area contributed by atoms with Crippen LogP contribution in [0.15, 0.2) is 16.4 Å². The van der Waals surface area contributed by atoms with Crippen LogP contribution in [-0.2, 0) is 4.74 Å². The van der Waals surface area contributed by atoms with Crippen LogP contribution in [0.4, 0.5) is 0 Å². The number of rotatable bonds is 1. The predicted octanol–water partition coefficient (Wildman–Crippen LogP) is 2.01. The highest BCUT2D eigenvalue weighted by molar-refractivity contribution is 7.12. The summed E-state index contributed by atoms with van der Waals surface area (Å²) in [5.41, 5.74) is 0.541. The van der Waals surface area contributed by atoms with Crippen LogP contribution in [0.1, 0.15) is 19.4 Å². The topological polar surface area (TPSA) is 41.8 Å². The van der Waals surface area contributed by atoms with Crippen molar-refractivity contribution in [2.75, 3.05) is 6.61 Å². The number of hydrogen-bond donors (Lipinski definition) is 1. The molecule has 1 aliphatic heterocycles. The van der Waals surface area contributed by atoms with E-state index < -0.39 is 0 Å². The van der Waals surface area contributed by atoms with E-state index in [2.05, 4.69) is 4.99 Å². The summed E-state index contributed by atoms with van der Waals surface area (Å²) in [7, 11) is 0. The van der Waals surface area contributed by atoms with Gasteiger partial charge in [-0.05, 0) is 25.3 Å². The van der Waals surface area contributed by atoms with E-state index >= 15 is 0 Å². The summed E-state index contributed by atoms with van der Waals surface area (Å²) in [6, 6.07) is 1.82. The summed E-state index contributed by atoms with van der Waals surface area (Å²) in [6.07, 6.45) is 0. The maximum Gasteiger partial charge on any atom is 0.221 e. The fraction of sp³-hybridized carbons (Fsp3) is 0.444.